The van der Waals surface area contributed by atoms with E-state index in [9.17, 15) is 4.79 Å². The maximum atomic E-state index is 11.9. The molecule has 1 aliphatic carbocycles. The maximum Gasteiger partial charge on any atom is 0.407 e. The van der Waals surface area contributed by atoms with Crippen LogP contribution in [0.15, 0.2) is 0 Å². The van der Waals surface area contributed by atoms with E-state index < -0.39 is 5.60 Å². The average Bonchev–Trinajstić information content (AvgIpc) is 3.26. The van der Waals surface area contributed by atoms with Crippen LogP contribution < -0.4 is 10.6 Å². The molecule has 2 rings (SSSR count). The molecule has 0 spiro atoms. The minimum atomic E-state index is -0.447. The van der Waals surface area contributed by atoms with Crippen LogP contribution in [0.3, 0.4) is 0 Å². The summed E-state index contributed by atoms with van der Waals surface area (Å²) in [6.45, 7) is 11.6. The molecule has 23 heavy (non-hydrogen) atoms. The van der Waals surface area contributed by atoms with Crippen molar-refractivity contribution in [1.82, 2.24) is 10.6 Å². The highest BCUT2D eigenvalue weighted by Gasteiger charge is 2.34. The van der Waals surface area contributed by atoms with Gasteiger partial charge in [0.2, 0.25) is 0 Å². The van der Waals surface area contributed by atoms with Crippen molar-refractivity contribution in [3.8, 4) is 0 Å². The van der Waals surface area contributed by atoms with Crippen LogP contribution in [0.1, 0.15) is 60.3 Å². The molecule has 1 aliphatic heterocycles. The van der Waals surface area contributed by atoms with E-state index in [0.717, 1.165) is 19.4 Å². The van der Waals surface area contributed by atoms with E-state index in [-0.39, 0.29) is 6.09 Å². The predicted molar refractivity (Wildman–Crippen MR) is 91.5 cm³/mol. The third kappa shape index (κ3) is 6.68. The molecule has 1 heterocycles. The van der Waals surface area contributed by atoms with Crippen molar-refractivity contribution in [2.75, 3.05) is 13.2 Å². The van der Waals surface area contributed by atoms with Gasteiger partial charge in [0.25, 0.3) is 0 Å². The van der Waals surface area contributed by atoms with Gasteiger partial charge in [0.15, 0.2) is 0 Å². The van der Waals surface area contributed by atoms with E-state index >= 15 is 0 Å². The zero-order chi connectivity index (χ0) is 17.0. The van der Waals surface area contributed by atoms with Crippen LogP contribution in [0.5, 0.6) is 0 Å². The van der Waals surface area contributed by atoms with Gasteiger partial charge >= 0.3 is 6.09 Å². The highest BCUT2D eigenvalue weighted by atomic mass is 16.6. The summed E-state index contributed by atoms with van der Waals surface area (Å²) in [5.41, 5.74) is -0.447. The summed E-state index contributed by atoms with van der Waals surface area (Å²) in [4.78, 5) is 11.9. The smallest absolute Gasteiger partial charge is 0.407 e. The van der Waals surface area contributed by atoms with Gasteiger partial charge in [0, 0.05) is 25.2 Å². The summed E-state index contributed by atoms with van der Waals surface area (Å²) in [6, 6.07) is 0.834. The van der Waals surface area contributed by atoms with E-state index in [1.165, 1.54) is 12.8 Å². The molecule has 134 valence electrons. The van der Waals surface area contributed by atoms with Crippen LogP contribution in [-0.4, -0.2) is 43.0 Å². The third-order valence-electron chi connectivity index (χ3n) is 4.56. The summed E-state index contributed by atoms with van der Waals surface area (Å²) < 4.78 is 11.2. The average molecular weight is 326 g/mol. The van der Waals surface area contributed by atoms with E-state index in [2.05, 4.69) is 24.5 Å². The topological polar surface area (TPSA) is 59.6 Å². The van der Waals surface area contributed by atoms with Crippen molar-refractivity contribution >= 4 is 6.09 Å². The lowest BCUT2D eigenvalue weighted by Crippen LogP contribution is -2.50. The first-order valence-electron chi connectivity index (χ1n) is 9.09. The lowest BCUT2D eigenvalue weighted by atomic mass is 9.94. The molecule has 5 heteroatoms. The predicted octanol–water partition coefficient (Wildman–Crippen LogP) is 3.08. The van der Waals surface area contributed by atoms with Crippen LogP contribution in [0.2, 0.25) is 0 Å². The second-order valence-corrected chi connectivity index (χ2v) is 8.37. The largest absolute Gasteiger partial charge is 0.444 e. The first-order valence-corrected chi connectivity index (χ1v) is 9.09. The number of hydrogen-bond acceptors (Lipinski definition) is 4. The van der Waals surface area contributed by atoms with Gasteiger partial charge in [-0.1, -0.05) is 13.8 Å². The molecule has 2 N–H and O–H groups in total. The highest BCUT2D eigenvalue weighted by Crippen LogP contribution is 2.33. The van der Waals surface area contributed by atoms with Crippen LogP contribution in [0.25, 0.3) is 0 Å². The van der Waals surface area contributed by atoms with Crippen LogP contribution in [-0.2, 0) is 9.47 Å². The Bertz CT molecular complexity index is 388. The minimum absolute atomic E-state index is 0.322. The molecule has 1 saturated carbocycles. The lowest BCUT2D eigenvalue weighted by molar-refractivity contribution is -0.0263. The van der Waals surface area contributed by atoms with Gasteiger partial charge in [-0.15, -0.1) is 0 Å². The molecule has 1 saturated heterocycles. The standard InChI is InChI=1S/C18H34N2O3/c1-12(2)16-10-14(8-9-22-16)20-15(13-6-7-13)11-19-17(21)23-18(3,4)5/h12-16,20H,6-11H2,1-5H3,(H,19,21). The molecule has 0 aromatic rings. The molecule has 1 amide bonds. The Balaban J connectivity index is 1.79. The molecule has 3 atom stereocenters. The van der Waals surface area contributed by atoms with Gasteiger partial charge in [-0.3, -0.25) is 0 Å². The Kier molecular flexibility index (Phi) is 6.32. The third-order valence-corrected chi connectivity index (χ3v) is 4.56. The molecule has 5 nitrogen and oxygen atoms in total. The molecule has 3 unspecified atom stereocenters. The Hall–Kier alpha value is -0.810. The fourth-order valence-corrected chi connectivity index (χ4v) is 3.11. The Morgan fingerprint density at radius 1 is 1.26 bits per heavy atom. The molecule has 2 fully saturated rings. The van der Waals surface area contributed by atoms with E-state index in [1.54, 1.807) is 0 Å². The highest BCUT2D eigenvalue weighted by molar-refractivity contribution is 5.67. The van der Waals surface area contributed by atoms with Crippen molar-refractivity contribution < 1.29 is 14.3 Å². The van der Waals surface area contributed by atoms with Crippen molar-refractivity contribution in [1.29, 1.82) is 0 Å². The number of amides is 1. The number of carbonyl (C=O) groups is 1. The normalized spacial score (nSPS) is 26.9. The number of alkyl carbamates (subject to hydrolysis) is 1. The maximum absolute atomic E-state index is 11.9. The second kappa shape index (κ2) is 7.84. The quantitative estimate of drug-likeness (QED) is 0.787. The van der Waals surface area contributed by atoms with Crippen molar-refractivity contribution in [2.24, 2.45) is 11.8 Å². The molecule has 2 aliphatic rings. The SMILES string of the molecule is CC(C)C1CC(NC(CNC(=O)OC(C)(C)C)C2CC2)CCO1. The van der Waals surface area contributed by atoms with Gasteiger partial charge in [-0.05, 0) is 58.3 Å². The summed E-state index contributed by atoms with van der Waals surface area (Å²) in [7, 11) is 0. The Morgan fingerprint density at radius 2 is 1.96 bits per heavy atom. The van der Waals surface area contributed by atoms with Crippen LogP contribution in [0.4, 0.5) is 4.79 Å². The van der Waals surface area contributed by atoms with Gasteiger partial charge in [-0.2, -0.15) is 0 Å². The van der Waals surface area contributed by atoms with E-state index in [4.69, 9.17) is 9.47 Å². The van der Waals surface area contributed by atoms with E-state index in [0.29, 0.717) is 36.6 Å². The van der Waals surface area contributed by atoms with Crippen LogP contribution >= 0.6 is 0 Å². The summed E-state index contributed by atoms with van der Waals surface area (Å²) in [5.74, 6) is 1.24. The fraction of sp³-hybridized carbons (Fsp3) is 0.944. The Labute approximate surface area is 140 Å². The molecule has 0 radical (unpaired) electrons. The van der Waals surface area contributed by atoms with Crippen molar-refractivity contribution in [2.45, 2.75) is 84.1 Å². The minimum Gasteiger partial charge on any atom is -0.444 e. The molecular weight excluding hydrogens is 292 g/mol. The zero-order valence-electron chi connectivity index (χ0n) is 15.4. The summed E-state index contributed by atoms with van der Waals surface area (Å²) in [5, 5.41) is 6.70. The van der Waals surface area contributed by atoms with Crippen LogP contribution in [0, 0.1) is 11.8 Å². The van der Waals surface area contributed by atoms with E-state index in [1.807, 2.05) is 20.8 Å². The first-order chi connectivity index (χ1) is 10.7. The summed E-state index contributed by atoms with van der Waals surface area (Å²) >= 11 is 0. The Morgan fingerprint density at radius 3 is 2.52 bits per heavy atom. The molecule has 0 bridgehead atoms. The van der Waals surface area contributed by atoms with Gasteiger partial charge < -0.3 is 20.1 Å². The van der Waals surface area contributed by atoms with Crippen molar-refractivity contribution in [3.05, 3.63) is 0 Å². The monoisotopic (exact) mass is 326 g/mol. The molecule has 0 aromatic heterocycles. The second-order valence-electron chi connectivity index (χ2n) is 8.37. The van der Waals surface area contributed by atoms with Gasteiger partial charge in [0.05, 0.1) is 6.10 Å². The number of nitrogens with one attached hydrogen (secondary N) is 2. The zero-order valence-corrected chi connectivity index (χ0v) is 15.4. The number of ether oxygens (including phenoxy) is 2. The summed E-state index contributed by atoms with van der Waals surface area (Å²) in [6.07, 6.45) is 4.65. The molecule has 0 aromatic carbocycles. The van der Waals surface area contributed by atoms with Gasteiger partial charge in [0.1, 0.15) is 5.60 Å². The molecular formula is C18H34N2O3. The number of carbonyl (C=O) groups excluding carboxylic acids is 1. The van der Waals surface area contributed by atoms with Gasteiger partial charge in [-0.25, -0.2) is 4.79 Å². The van der Waals surface area contributed by atoms with Crippen molar-refractivity contribution in [3.63, 3.8) is 0 Å². The fourth-order valence-electron chi connectivity index (χ4n) is 3.11. The first kappa shape index (κ1) is 18.5. The number of rotatable bonds is 6. The number of hydrogen-bond donors (Lipinski definition) is 2. The lowest BCUT2D eigenvalue weighted by Gasteiger charge is -2.35.